The molecule has 0 aromatic heterocycles. The van der Waals surface area contributed by atoms with Crippen LogP contribution in [-0.4, -0.2) is 89.2 Å². The number of quaternary nitrogens is 1. The van der Waals surface area contributed by atoms with Crippen molar-refractivity contribution < 1.29 is 27.9 Å². The van der Waals surface area contributed by atoms with E-state index in [0.717, 1.165) is 49.7 Å². The zero-order valence-electron chi connectivity index (χ0n) is 26.1. The van der Waals surface area contributed by atoms with Crippen molar-refractivity contribution in [3.05, 3.63) is 0 Å². The number of hydrazine groups is 1. The van der Waals surface area contributed by atoms with E-state index in [9.17, 15) is 23.4 Å². The molecule has 7 nitrogen and oxygen atoms in total. The summed E-state index contributed by atoms with van der Waals surface area (Å²) in [7, 11) is 0. The van der Waals surface area contributed by atoms with Crippen molar-refractivity contribution in [1.29, 1.82) is 0 Å². The Bertz CT molecular complexity index is 932. The Balaban J connectivity index is 1.04. The monoisotopic (exact) mass is 600 g/mol. The molecule has 6 rings (SSSR count). The number of aliphatic hydroxyl groups excluding tert-OH is 2. The van der Waals surface area contributed by atoms with Crippen molar-refractivity contribution in [3.63, 3.8) is 0 Å². The van der Waals surface area contributed by atoms with E-state index in [0.29, 0.717) is 49.6 Å². The normalized spacial score (nSPS) is 45.3. The van der Waals surface area contributed by atoms with Gasteiger partial charge in [-0.05, 0) is 100 Å². The highest BCUT2D eigenvalue weighted by Gasteiger charge is 2.77. The number of halogens is 3. The summed E-state index contributed by atoms with van der Waals surface area (Å²) in [5.41, 5.74) is 7.25. The second-order valence-electron chi connectivity index (χ2n) is 15.9. The molecule has 1 spiro atoms. The van der Waals surface area contributed by atoms with Gasteiger partial charge >= 0.3 is 6.18 Å². The topological polar surface area (TPSA) is 79.8 Å². The molecule has 4 heterocycles. The van der Waals surface area contributed by atoms with Gasteiger partial charge in [0.15, 0.2) is 12.2 Å². The molecule has 10 heteroatoms. The van der Waals surface area contributed by atoms with Gasteiger partial charge in [-0.25, -0.2) is 5.43 Å². The third-order valence-electron chi connectivity index (χ3n) is 13.0. The van der Waals surface area contributed by atoms with Crippen LogP contribution in [0, 0.1) is 40.9 Å². The van der Waals surface area contributed by atoms with Gasteiger partial charge in [0.25, 0.3) is 0 Å². The summed E-state index contributed by atoms with van der Waals surface area (Å²) in [6.07, 6.45) is 5.90. The Morgan fingerprint density at radius 1 is 1.07 bits per heavy atom. The van der Waals surface area contributed by atoms with E-state index in [1.54, 1.807) is 0 Å². The molecule has 0 aromatic rings. The minimum atomic E-state index is -4.22. The Labute approximate surface area is 250 Å². The minimum absolute atomic E-state index is 0.0668. The molecule has 0 amide bonds. The van der Waals surface area contributed by atoms with Gasteiger partial charge in [-0.3, -0.25) is 9.80 Å². The van der Waals surface area contributed by atoms with Crippen LogP contribution in [0.15, 0.2) is 0 Å². The maximum absolute atomic E-state index is 14.4. The minimum Gasteiger partial charge on any atom is -0.396 e. The van der Waals surface area contributed by atoms with Crippen molar-refractivity contribution in [2.24, 2.45) is 40.9 Å². The van der Waals surface area contributed by atoms with Crippen LogP contribution in [0.4, 0.5) is 13.2 Å². The number of nitrogens with zero attached hydrogens (tertiary/aromatic N) is 2. The van der Waals surface area contributed by atoms with Crippen LogP contribution in [0.3, 0.4) is 0 Å². The van der Waals surface area contributed by atoms with E-state index in [-0.39, 0.29) is 42.2 Å². The average molecular weight is 601 g/mol. The van der Waals surface area contributed by atoms with Crippen LogP contribution in [0.1, 0.15) is 91.4 Å². The first-order valence-electron chi connectivity index (χ1n) is 17.2. The lowest BCUT2D eigenvalue weighted by Crippen LogP contribution is -2.54. The summed E-state index contributed by atoms with van der Waals surface area (Å²) in [6.45, 7) is 10.2. The van der Waals surface area contributed by atoms with Gasteiger partial charge in [0, 0.05) is 37.5 Å². The van der Waals surface area contributed by atoms with Crippen molar-refractivity contribution in [3.8, 4) is 0 Å². The molecule has 42 heavy (non-hydrogen) atoms. The van der Waals surface area contributed by atoms with Gasteiger partial charge in [0.05, 0.1) is 12.5 Å². The summed E-state index contributed by atoms with van der Waals surface area (Å²) < 4.78 is 44.4. The van der Waals surface area contributed by atoms with Crippen LogP contribution in [0.25, 0.3) is 0 Å². The van der Waals surface area contributed by atoms with E-state index in [4.69, 9.17) is 0 Å². The number of likely N-dealkylation sites (tertiary alicyclic amines) is 1. The fourth-order valence-electron chi connectivity index (χ4n) is 10.7. The van der Waals surface area contributed by atoms with E-state index >= 15 is 0 Å². The molecule has 6 aliphatic rings. The smallest absolute Gasteiger partial charge is 0.392 e. The number of nitrogens with one attached hydrogen (secondary N) is 3. The summed E-state index contributed by atoms with van der Waals surface area (Å²) in [5.74, 6) is -0.426. The molecular weight excluding hydrogens is 543 g/mol. The number of hydrogen-bond acceptors (Lipinski definition) is 6. The largest absolute Gasteiger partial charge is 0.396 e. The summed E-state index contributed by atoms with van der Waals surface area (Å²) in [4.78, 5) is 2.26. The number of rotatable bonds is 9. The van der Waals surface area contributed by atoms with Crippen LogP contribution in [0.2, 0.25) is 0 Å². The third-order valence-corrected chi connectivity index (χ3v) is 13.0. The Morgan fingerprint density at radius 2 is 1.83 bits per heavy atom. The molecule has 12 unspecified atom stereocenters. The lowest BCUT2D eigenvalue weighted by molar-refractivity contribution is -0.854. The number of alkyl halides is 3. The van der Waals surface area contributed by atoms with Gasteiger partial charge < -0.3 is 15.1 Å². The molecule has 0 aromatic carbocycles. The molecule has 2 saturated carbocycles. The van der Waals surface area contributed by atoms with Crippen LogP contribution >= 0.6 is 0 Å². The Morgan fingerprint density at radius 3 is 2.55 bits per heavy atom. The molecule has 0 radical (unpaired) electrons. The lowest BCUT2D eigenvalue weighted by atomic mass is 9.73. The van der Waals surface area contributed by atoms with Crippen molar-refractivity contribution in [2.45, 2.75) is 128 Å². The Hall–Kier alpha value is -0.490. The summed E-state index contributed by atoms with van der Waals surface area (Å²) in [6, 6.07) is 0.213. The maximum atomic E-state index is 14.4. The van der Waals surface area contributed by atoms with E-state index in [1.807, 2.05) is 0 Å². The lowest BCUT2D eigenvalue weighted by Gasteiger charge is -2.45. The molecule has 12 atom stereocenters. The summed E-state index contributed by atoms with van der Waals surface area (Å²) >= 11 is 0. The van der Waals surface area contributed by atoms with Crippen molar-refractivity contribution in [1.82, 2.24) is 21.1 Å². The second-order valence-corrected chi connectivity index (χ2v) is 15.9. The zero-order valence-corrected chi connectivity index (χ0v) is 26.1. The highest BCUT2D eigenvalue weighted by Crippen LogP contribution is 2.57. The Kier molecular flexibility index (Phi) is 9.02. The zero-order chi connectivity index (χ0) is 29.9. The number of piperidine rings is 2. The van der Waals surface area contributed by atoms with Gasteiger partial charge in [-0.15, -0.1) is 0 Å². The molecule has 242 valence electrons. The average Bonchev–Trinajstić information content (AvgIpc) is 3.21. The number of aliphatic hydroxyl groups is 2. The predicted octanol–water partition coefficient (Wildman–Crippen LogP) is 4.17. The second kappa shape index (κ2) is 12.0. The van der Waals surface area contributed by atoms with E-state index in [2.05, 4.69) is 41.8 Å². The fraction of sp³-hybridized carbons (Fsp3) is 1.00. The predicted molar refractivity (Wildman–Crippen MR) is 156 cm³/mol. The van der Waals surface area contributed by atoms with E-state index < -0.39 is 18.3 Å². The van der Waals surface area contributed by atoms with Gasteiger partial charge in [-0.1, -0.05) is 20.8 Å². The SMILES string of the molecule is CC(CO)CC1(C)CCN(CC2CCC(NC(O)C3CCC(C)C3C3C4NNC5CCCC[N+]543)CC2C(F)(F)F)CC1. The van der Waals surface area contributed by atoms with Gasteiger partial charge in [-0.2, -0.15) is 18.6 Å². The number of hydrogen-bond donors (Lipinski definition) is 5. The van der Waals surface area contributed by atoms with Crippen LogP contribution < -0.4 is 16.2 Å². The molecule has 5 N–H and O–H groups in total. The first-order chi connectivity index (χ1) is 19.9. The summed E-state index contributed by atoms with van der Waals surface area (Å²) in [5, 5.41) is 24.4. The third kappa shape index (κ3) is 5.92. The first-order valence-corrected chi connectivity index (χ1v) is 17.2. The fourth-order valence-corrected chi connectivity index (χ4v) is 10.7. The highest BCUT2D eigenvalue weighted by atomic mass is 19.4. The highest BCUT2D eigenvalue weighted by molar-refractivity contribution is 5.04. The quantitative estimate of drug-likeness (QED) is 0.155. The van der Waals surface area contributed by atoms with E-state index in [1.165, 1.54) is 25.8 Å². The first kappa shape index (κ1) is 31.5. The molecule has 0 bridgehead atoms. The molecule has 2 aliphatic carbocycles. The molecule has 4 aliphatic heterocycles. The standard InChI is InChI=1S/C32H57F3N5O2/c1-20(19-41)17-31(3)11-13-39(14-12-31)18-22-8-9-23(16-25(22)32(33,34)35)36-30(42)24-10-7-21(2)27(24)28-29-38-37-26-6-4-5-15-40(26,28)29/h20-30,36-38,41-42H,4-19H2,1-3H3/q+1. The molecular formula is C32H57F3N5O2+. The molecule has 4 saturated heterocycles. The van der Waals surface area contributed by atoms with Gasteiger partial charge in [0.1, 0.15) is 6.23 Å². The van der Waals surface area contributed by atoms with Crippen molar-refractivity contribution in [2.75, 3.05) is 32.8 Å². The van der Waals surface area contributed by atoms with Gasteiger partial charge in [0.2, 0.25) is 6.17 Å². The van der Waals surface area contributed by atoms with Crippen LogP contribution in [0.5, 0.6) is 0 Å². The molecule has 6 fully saturated rings. The van der Waals surface area contributed by atoms with Crippen LogP contribution in [-0.2, 0) is 0 Å². The van der Waals surface area contributed by atoms with Crippen molar-refractivity contribution >= 4 is 0 Å². The maximum Gasteiger partial charge on any atom is 0.392 e.